The molecule has 0 saturated carbocycles. The molecule has 0 bridgehead atoms. The SMILES string of the molecule is C=C1CC(CCCCCCCCCc2cccc(OC)c2OC)OC1=O. The van der Waals surface area contributed by atoms with Crippen molar-refractivity contribution in [3.8, 4) is 11.5 Å². The molecule has 1 heterocycles. The summed E-state index contributed by atoms with van der Waals surface area (Å²) in [5.74, 6) is 1.47. The maximum atomic E-state index is 11.3. The van der Waals surface area contributed by atoms with Gasteiger partial charge in [0.2, 0.25) is 0 Å². The van der Waals surface area contributed by atoms with Crippen molar-refractivity contribution in [3.05, 3.63) is 35.9 Å². The molecule has 1 atom stereocenters. The Balaban J connectivity index is 1.51. The highest BCUT2D eigenvalue weighted by Gasteiger charge is 2.26. The lowest BCUT2D eigenvalue weighted by molar-refractivity contribution is -0.139. The summed E-state index contributed by atoms with van der Waals surface area (Å²) in [6.45, 7) is 3.72. The first-order valence-corrected chi connectivity index (χ1v) is 9.74. The van der Waals surface area contributed by atoms with E-state index in [0.29, 0.717) is 12.0 Å². The highest BCUT2D eigenvalue weighted by atomic mass is 16.5. The van der Waals surface area contributed by atoms with E-state index in [1.807, 2.05) is 12.1 Å². The van der Waals surface area contributed by atoms with Crippen LogP contribution in [-0.2, 0) is 16.0 Å². The maximum Gasteiger partial charge on any atom is 0.333 e. The van der Waals surface area contributed by atoms with Gasteiger partial charge in [0.05, 0.1) is 14.2 Å². The molecule has 0 aromatic heterocycles. The smallest absolute Gasteiger partial charge is 0.333 e. The Morgan fingerprint density at radius 3 is 2.35 bits per heavy atom. The number of para-hydroxylation sites is 1. The summed E-state index contributed by atoms with van der Waals surface area (Å²) in [4.78, 5) is 11.3. The number of carbonyl (C=O) groups excluding carboxylic acids is 1. The summed E-state index contributed by atoms with van der Waals surface area (Å²) in [7, 11) is 3.37. The lowest BCUT2D eigenvalue weighted by atomic mass is 10.0. The van der Waals surface area contributed by atoms with Gasteiger partial charge in [0.25, 0.3) is 0 Å². The number of esters is 1. The Morgan fingerprint density at radius 2 is 1.73 bits per heavy atom. The number of benzene rings is 1. The van der Waals surface area contributed by atoms with Crippen molar-refractivity contribution in [2.24, 2.45) is 0 Å². The van der Waals surface area contributed by atoms with Gasteiger partial charge in [-0.25, -0.2) is 4.79 Å². The van der Waals surface area contributed by atoms with Gasteiger partial charge in [0.15, 0.2) is 11.5 Å². The third-order valence-corrected chi connectivity index (χ3v) is 4.99. The van der Waals surface area contributed by atoms with E-state index in [2.05, 4.69) is 12.6 Å². The van der Waals surface area contributed by atoms with E-state index >= 15 is 0 Å². The Kier molecular flexibility index (Phi) is 8.52. The minimum atomic E-state index is -0.206. The molecule has 1 aliphatic rings. The van der Waals surface area contributed by atoms with Crippen LogP contribution in [0, 0.1) is 0 Å². The molecular formula is C22H32O4. The third kappa shape index (κ3) is 6.08. The van der Waals surface area contributed by atoms with Gasteiger partial charge in [-0.2, -0.15) is 0 Å². The van der Waals surface area contributed by atoms with E-state index in [-0.39, 0.29) is 12.1 Å². The van der Waals surface area contributed by atoms with Crippen molar-refractivity contribution in [3.63, 3.8) is 0 Å². The van der Waals surface area contributed by atoms with Crippen LogP contribution in [0.15, 0.2) is 30.4 Å². The van der Waals surface area contributed by atoms with Gasteiger partial charge >= 0.3 is 5.97 Å². The fourth-order valence-corrected chi connectivity index (χ4v) is 3.52. The monoisotopic (exact) mass is 360 g/mol. The van der Waals surface area contributed by atoms with Gasteiger partial charge in [-0.15, -0.1) is 0 Å². The highest BCUT2D eigenvalue weighted by Crippen LogP contribution is 2.31. The van der Waals surface area contributed by atoms with Crippen LogP contribution in [0.25, 0.3) is 0 Å². The zero-order valence-corrected chi connectivity index (χ0v) is 16.2. The summed E-state index contributed by atoms with van der Waals surface area (Å²) in [6.07, 6.45) is 11.3. The molecule has 1 saturated heterocycles. The number of cyclic esters (lactones) is 1. The van der Waals surface area contributed by atoms with Crippen LogP contribution in [0.4, 0.5) is 0 Å². The molecule has 1 aliphatic heterocycles. The minimum Gasteiger partial charge on any atom is -0.493 e. The Bertz CT molecular complexity index is 578. The number of aryl methyl sites for hydroxylation is 1. The van der Waals surface area contributed by atoms with E-state index in [1.165, 1.54) is 44.1 Å². The Labute approximate surface area is 157 Å². The van der Waals surface area contributed by atoms with E-state index in [0.717, 1.165) is 30.8 Å². The number of methoxy groups -OCH3 is 2. The quantitative estimate of drug-likeness (QED) is 0.290. The van der Waals surface area contributed by atoms with E-state index < -0.39 is 0 Å². The molecule has 4 nitrogen and oxygen atoms in total. The fourth-order valence-electron chi connectivity index (χ4n) is 3.52. The molecular weight excluding hydrogens is 328 g/mol. The first kappa shape index (κ1) is 20.3. The molecule has 0 aliphatic carbocycles. The van der Waals surface area contributed by atoms with Crippen LogP contribution < -0.4 is 9.47 Å². The first-order chi connectivity index (χ1) is 12.7. The molecule has 1 unspecified atom stereocenters. The molecule has 0 N–H and O–H groups in total. The van der Waals surface area contributed by atoms with Crippen molar-refractivity contribution in [2.75, 3.05) is 14.2 Å². The van der Waals surface area contributed by atoms with Crippen LogP contribution in [0.5, 0.6) is 11.5 Å². The number of unbranched alkanes of at least 4 members (excludes halogenated alkanes) is 6. The molecule has 1 aromatic carbocycles. The van der Waals surface area contributed by atoms with Gasteiger partial charge in [-0.3, -0.25) is 0 Å². The lowest BCUT2D eigenvalue weighted by Crippen LogP contribution is -2.06. The average molecular weight is 360 g/mol. The van der Waals surface area contributed by atoms with Crippen LogP contribution >= 0.6 is 0 Å². The standard InChI is InChI=1S/C22H32O4/c1-17-16-19(26-22(17)23)14-10-8-6-4-5-7-9-12-18-13-11-15-20(24-2)21(18)25-3/h11,13,15,19H,1,4-10,12,14,16H2,2-3H3. The van der Waals surface area contributed by atoms with Gasteiger partial charge in [0.1, 0.15) is 6.10 Å². The van der Waals surface area contributed by atoms with Crippen LogP contribution in [0.3, 0.4) is 0 Å². The normalized spacial score (nSPS) is 16.6. The summed E-state index contributed by atoms with van der Waals surface area (Å²) < 4.78 is 16.1. The predicted octanol–water partition coefficient (Wildman–Crippen LogP) is 5.24. The Hall–Kier alpha value is -1.97. The molecule has 1 aromatic rings. The maximum absolute atomic E-state index is 11.3. The highest BCUT2D eigenvalue weighted by molar-refractivity contribution is 5.89. The van der Waals surface area contributed by atoms with E-state index in [1.54, 1.807) is 14.2 Å². The second-order valence-corrected chi connectivity index (χ2v) is 7.00. The van der Waals surface area contributed by atoms with Crippen molar-refractivity contribution >= 4 is 5.97 Å². The molecule has 0 amide bonds. The number of rotatable bonds is 12. The van der Waals surface area contributed by atoms with Gasteiger partial charge in [-0.1, -0.05) is 50.8 Å². The van der Waals surface area contributed by atoms with E-state index in [4.69, 9.17) is 14.2 Å². The second kappa shape index (κ2) is 10.9. The summed E-state index contributed by atoms with van der Waals surface area (Å²) in [5.41, 5.74) is 1.85. The first-order valence-electron chi connectivity index (χ1n) is 9.74. The number of hydrogen-bond acceptors (Lipinski definition) is 4. The van der Waals surface area contributed by atoms with Crippen LogP contribution in [0.1, 0.15) is 63.4 Å². The van der Waals surface area contributed by atoms with Gasteiger partial charge in [0, 0.05) is 12.0 Å². The topological polar surface area (TPSA) is 44.8 Å². The van der Waals surface area contributed by atoms with Crippen molar-refractivity contribution in [1.82, 2.24) is 0 Å². The summed E-state index contributed by atoms with van der Waals surface area (Å²) in [5, 5.41) is 0. The molecule has 144 valence electrons. The number of ether oxygens (including phenoxy) is 3. The van der Waals surface area contributed by atoms with Crippen LogP contribution in [0.2, 0.25) is 0 Å². The fraction of sp³-hybridized carbons (Fsp3) is 0.591. The summed E-state index contributed by atoms with van der Waals surface area (Å²) >= 11 is 0. The van der Waals surface area contributed by atoms with Gasteiger partial charge < -0.3 is 14.2 Å². The lowest BCUT2D eigenvalue weighted by Gasteiger charge is -2.12. The molecule has 4 heteroatoms. The zero-order valence-electron chi connectivity index (χ0n) is 16.2. The second-order valence-electron chi connectivity index (χ2n) is 7.00. The number of hydrogen-bond donors (Lipinski definition) is 0. The molecule has 26 heavy (non-hydrogen) atoms. The van der Waals surface area contributed by atoms with Crippen LogP contribution in [-0.4, -0.2) is 26.3 Å². The molecule has 0 spiro atoms. The molecule has 1 fully saturated rings. The minimum absolute atomic E-state index is 0.0767. The molecule has 0 radical (unpaired) electrons. The molecule has 2 rings (SSSR count). The number of carbonyl (C=O) groups is 1. The largest absolute Gasteiger partial charge is 0.493 e. The zero-order chi connectivity index (χ0) is 18.8. The predicted molar refractivity (Wildman–Crippen MR) is 104 cm³/mol. The Morgan fingerprint density at radius 1 is 1.04 bits per heavy atom. The van der Waals surface area contributed by atoms with Crippen molar-refractivity contribution in [1.29, 1.82) is 0 Å². The van der Waals surface area contributed by atoms with Gasteiger partial charge in [-0.05, 0) is 37.3 Å². The van der Waals surface area contributed by atoms with Crippen molar-refractivity contribution in [2.45, 2.75) is 70.3 Å². The third-order valence-electron chi connectivity index (χ3n) is 4.99. The van der Waals surface area contributed by atoms with E-state index in [9.17, 15) is 4.79 Å². The average Bonchev–Trinajstić information content (AvgIpc) is 2.97. The summed E-state index contributed by atoms with van der Waals surface area (Å²) in [6, 6.07) is 6.07. The van der Waals surface area contributed by atoms with Crippen molar-refractivity contribution < 1.29 is 19.0 Å².